The highest BCUT2D eigenvalue weighted by Gasteiger charge is 2.74. The highest BCUT2D eigenvalue weighted by molar-refractivity contribution is 6.01. The van der Waals surface area contributed by atoms with Gasteiger partial charge in [0.25, 0.3) is 5.91 Å². The topological polar surface area (TPSA) is 62.6 Å². The average molecular weight is 360 g/mol. The zero-order valence-corrected chi connectivity index (χ0v) is 15.1. The molecule has 5 rings (SSSR count). The number of carbonyl (C=O) groups excluding carboxylic acids is 2. The third kappa shape index (κ3) is 2.70. The van der Waals surface area contributed by atoms with Crippen LogP contribution in [0.4, 0.5) is 5.69 Å². The Labute approximate surface area is 157 Å². The van der Waals surface area contributed by atoms with Gasteiger partial charge < -0.3 is 14.6 Å². The van der Waals surface area contributed by atoms with E-state index in [1.807, 2.05) is 48.5 Å². The van der Waals surface area contributed by atoms with Gasteiger partial charge in [0, 0.05) is 24.7 Å². The monoisotopic (exact) mass is 360 g/mol. The Morgan fingerprint density at radius 1 is 1.15 bits per heavy atom. The van der Waals surface area contributed by atoms with Gasteiger partial charge in [-0.25, -0.2) is 0 Å². The van der Waals surface area contributed by atoms with E-state index in [4.69, 9.17) is 4.42 Å². The van der Waals surface area contributed by atoms with Crippen molar-refractivity contribution in [3.8, 4) is 0 Å². The first kappa shape index (κ1) is 16.1. The molecule has 0 atom stereocenters. The summed E-state index contributed by atoms with van der Waals surface area (Å²) < 4.78 is 5.68. The van der Waals surface area contributed by atoms with Gasteiger partial charge >= 0.3 is 0 Å². The zero-order chi connectivity index (χ0) is 18.6. The number of nitrogens with one attached hydrogen (secondary N) is 1. The van der Waals surface area contributed by atoms with Crippen LogP contribution in [0.1, 0.15) is 29.0 Å². The van der Waals surface area contributed by atoms with E-state index in [1.54, 1.807) is 18.0 Å². The Bertz CT molecular complexity index is 1030. The molecule has 0 spiro atoms. The molecule has 2 aliphatic rings. The van der Waals surface area contributed by atoms with Crippen LogP contribution in [0, 0.1) is 11.3 Å². The number of fused-ring (bicyclic) bond motifs is 2. The Balaban J connectivity index is 1.33. The number of benzene rings is 2. The first-order valence-electron chi connectivity index (χ1n) is 9.20. The normalized spacial score (nSPS) is 22.2. The van der Waals surface area contributed by atoms with E-state index in [1.165, 1.54) is 0 Å². The van der Waals surface area contributed by atoms with Gasteiger partial charge in [0.2, 0.25) is 5.91 Å². The van der Waals surface area contributed by atoms with Crippen LogP contribution in [0.25, 0.3) is 11.0 Å². The average Bonchev–Trinajstić information content (AvgIpc) is 3.50. The van der Waals surface area contributed by atoms with Crippen molar-refractivity contribution >= 4 is 28.5 Å². The molecule has 3 aromatic rings. The Morgan fingerprint density at radius 3 is 2.59 bits per heavy atom. The van der Waals surface area contributed by atoms with Crippen molar-refractivity contribution in [2.45, 2.75) is 19.4 Å². The maximum absolute atomic E-state index is 12.8. The van der Waals surface area contributed by atoms with E-state index < -0.39 is 0 Å². The number of rotatable bonds is 5. The van der Waals surface area contributed by atoms with Crippen LogP contribution < -0.4 is 5.32 Å². The van der Waals surface area contributed by atoms with Crippen molar-refractivity contribution in [3.05, 3.63) is 65.9 Å². The molecule has 27 heavy (non-hydrogen) atoms. The molecule has 5 heteroatoms. The zero-order valence-electron chi connectivity index (χ0n) is 15.1. The summed E-state index contributed by atoms with van der Waals surface area (Å²) in [4.78, 5) is 26.8. The first-order valence-corrected chi connectivity index (χ1v) is 9.20. The molecule has 136 valence electrons. The molecule has 1 heterocycles. The first-order chi connectivity index (χ1) is 13.1. The van der Waals surface area contributed by atoms with Crippen molar-refractivity contribution in [3.63, 3.8) is 0 Å². The lowest BCUT2D eigenvalue weighted by Gasteiger charge is -2.19. The van der Waals surface area contributed by atoms with Crippen molar-refractivity contribution in [2.75, 3.05) is 12.4 Å². The number of carbonyl (C=O) groups is 2. The summed E-state index contributed by atoms with van der Waals surface area (Å²) in [6.07, 6.45) is 2.04. The number of anilines is 1. The second kappa shape index (κ2) is 5.71. The summed E-state index contributed by atoms with van der Waals surface area (Å²) in [7, 11) is 1.74. The van der Waals surface area contributed by atoms with Crippen LogP contribution >= 0.6 is 0 Å². The van der Waals surface area contributed by atoms with Crippen molar-refractivity contribution in [2.24, 2.45) is 11.3 Å². The quantitative estimate of drug-likeness (QED) is 0.746. The SMILES string of the molecule is CN(Cc1ccccc1NC(=O)C12CC1C2)C(=O)c1cc2ccccc2o1. The molecule has 0 saturated heterocycles. The second-order valence-electron chi connectivity index (χ2n) is 7.68. The van der Waals surface area contributed by atoms with Gasteiger partial charge in [0.05, 0.1) is 5.41 Å². The highest BCUT2D eigenvalue weighted by Crippen LogP contribution is 2.75. The predicted octanol–water partition coefficient (Wildman–Crippen LogP) is 4.05. The Hall–Kier alpha value is -3.08. The summed E-state index contributed by atoms with van der Waals surface area (Å²) in [6.45, 7) is 0.392. The number of nitrogens with zero attached hydrogens (tertiary/aromatic N) is 1. The van der Waals surface area contributed by atoms with Crippen LogP contribution in [0.15, 0.2) is 59.0 Å². The number of hydrogen-bond donors (Lipinski definition) is 1. The van der Waals surface area contributed by atoms with Gasteiger partial charge in [-0.15, -0.1) is 0 Å². The molecule has 2 saturated carbocycles. The number of hydrogen-bond acceptors (Lipinski definition) is 3. The fourth-order valence-electron chi connectivity index (χ4n) is 3.70. The lowest BCUT2D eigenvalue weighted by Crippen LogP contribution is -2.27. The summed E-state index contributed by atoms with van der Waals surface area (Å²) in [5.41, 5.74) is 2.30. The molecule has 5 nitrogen and oxygen atoms in total. The van der Waals surface area contributed by atoms with Crippen molar-refractivity contribution in [1.29, 1.82) is 0 Å². The van der Waals surface area contributed by atoms with E-state index >= 15 is 0 Å². The van der Waals surface area contributed by atoms with E-state index in [-0.39, 0.29) is 17.2 Å². The molecule has 2 aromatic carbocycles. The molecule has 0 radical (unpaired) electrons. The summed E-state index contributed by atoms with van der Waals surface area (Å²) in [6, 6.07) is 17.0. The van der Waals surface area contributed by atoms with Crippen LogP contribution in [-0.4, -0.2) is 23.8 Å². The van der Waals surface area contributed by atoms with E-state index in [2.05, 4.69) is 5.32 Å². The number of amides is 2. The third-order valence-electron chi connectivity index (χ3n) is 5.79. The minimum Gasteiger partial charge on any atom is -0.451 e. The molecule has 0 aliphatic heterocycles. The number of para-hydroxylation sites is 2. The molecular formula is C22H20N2O3. The summed E-state index contributed by atoms with van der Waals surface area (Å²) in [5.74, 6) is 0.849. The van der Waals surface area contributed by atoms with Crippen LogP contribution in [0.2, 0.25) is 0 Å². The standard InChI is InChI=1S/C22H20N2O3/c1-24(20(25)19-10-14-6-3-5-9-18(14)27-19)13-15-7-2-4-8-17(15)23-21(26)22-11-16(22)12-22/h2-10,16H,11-13H2,1H3,(H,23,26). The van der Waals surface area contributed by atoms with Crippen molar-refractivity contribution < 1.29 is 14.0 Å². The molecule has 0 bridgehead atoms. The smallest absolute Gasteiger partial charge is 0.289 e. The van der Waals surface area contributed by atoms with Crippen LogP contribution in [0.5, 0.6) is 0 Å². The second-order valence-corrected chi connectivity index (χ2v) is 7.68. The van der Waals surface area contributed by atoms with Crippen LogP contribution in [-0.2, 0) is 11.3 Å². The summed E-state index contributed by atoms with van der Waals surface area (Å²) >= 11 is 0. The molecule has 2 amide bonds. The number of furan rings is 1. The molecule has 2 aliphatic carbocycles. The Morgan fingerprint density at radius 2 is 1.85 bits per heavy atom. The molecule has 1 N–H and O–H groups in total. The molecular weight excluding hydrogens is 340 g/mol. The van der Waals surface area contributed by atoms with Gasteiger partial charge in [-0.05, 0) is 42.5 Å². The lowest BCUT2D eigenvalue weighted by molar-refractivity contribution is -0.119. The maximum Gasteiger partial charge on any atom is 0.289 e. The molecule has 0 unspecified atom stereocenters. The third-order valence-corrected chi connectivity index (χ3v) is 5.79. The molecule has 1 aromatic heterocycles. The largest absolute Gasteiger partial charge is 0.451 e. The van der Waals surface area contributed by atoms with Gasteiger partial charge in [-0.1, -0.05) is 36.4 Å². The minimum atomic E-state index is -0.185. The fourth-order valence-corrected chi connectivity index (χ4v) is 3.70. The van der Waals surface area contributed by atoms with Gasteiger partial charge in [-0.2, -0.15) is 0 Å². The Kier molecular flexibility index (Phi) is 3.41. The summed E-state index contributed by atoms with van der Waals surface area (Å²) in [5, 5.41) is 3.97. The lowest BCUT2D eigenvalue weighted by atomic mass is 10.1. The van der Waals surface area contributed by atoms with Gasteiger partial charge in [-0.3, -0.25) is 9.59 Å². The highest BCUT2D eigenvalue weighted by atomic mass is 16.3. The van der Waals surface area contributed by atoms with Crippen LogP contribution in [0.3, 0.4) is 0 Å². The van der Waals surface area contributed by atoms with Gasteiger partial charge in [0.15, 0.2) is 5.76 Å². The van der Waals surface area contributed by atoms with E-state index in [0.717, 1.165) is 29.5 Å². The molecule has 2 fully saturated rings. The van der Waals surface area contributed by atoms with Gasteiger partial charge in [0.1, 0.15) is 5.58 Å². The maximum atomic E-state index is 12.8. The van der Waals surface area contributed by atoms with Crippen molar-refractivity contribution in [1.82, 2.24) is 4.90 Å². The minimum absolute atomic E-state index is 0.0802. The fraction of sp³-hybridized carbons (Fsp3) is 0.273. The van der Waals surface area contributed by atoms with E-state index in [9.17, 15) is 9.59 Å². The van der Waals surface area contributed by atoms with E-state index in [0.29, 0.717) is 23.8 Å². The predicted molar refractivity (Wildman–Crippen MR) is 102 cm³/mol.